The standard InChI is InChI=1S/C23H36N2O3/c1-27-21-10-11-22(28-2)20(17-21)9-12-23(26)25-14-6-13-24(15-16-25)18-19-7-4-3-5-8-19/h10-11,17,19H,3-9,12-16,18H2,1-2H3. The van der Waals surface area contributed by atoms with E-state index in [1.165, 1.54) is 38.6 Å². The highest BCUT2D eigenvalue weighted by atomic mass is 16.5. The van der Waals surface area contributed by atoms with Crippen molar-refractivity contribution in [2.24, 2.45) is 5.92 Å². The van der Waals surface area contributed by atoms with Gasteiger partial charge in [0.2, 0.25) is 5.91 Å². The maximum Gasteiger partial charge on any atom is 0.222 e. The van der Waals surface area contributed by atoms with Crippen LogP contribution < -0.4 is 9.47 Å². The maximum atomic E-state index is 12.8. The molecule has 1 saturated carbocycles. The van der Waals surface area contributed by atoms with Gasteiger partial charge in [-0.05, 0) is 61.9 Å². The topological polar surface area (TPSA) is 42.0 Å². The highest BCUT2D eigenvalue weighted by Crippen LogP contribution is 2.26. The number of rotatable bonds is 7. The minimum absolute atomic E-state index is 0.254. The molecule has 0 atom stereocenters. The first kappa shape index (κ1) is 21.0. The highest BCUT2D eigenvalue weighted by Gasteiger charge is 2.22. The molecule has 1 aromatic carbocycles. The fourth-order valence-electron chi connectivity index (χ4n) is 4.61. The van der Waals surface area contributed by atoms with Crippen LogP contribution in [0.1, 0.15) is 50.5 Å². The van der Waals surface area contributed by atoms with Gasteiger partial charge in [0.25, 0.3) is 0 Å². The van der Waals surface area contributed by atoms with Crippen LogP contribution >= 0.6 is 0 Å². The Labute approximate surface area is 170 Å². The van der Waals surface area contributed by atoms with E-state index in [0.29, 0.717) is 12.8 Å². The number of nitrogens with zero attached hydrogens (tertiary/aromatic N) is 2. The Morgan fingerprint density at radius 1 is 1.00 bits per heavy atom. The van der Waals surface area contributed by atoms with E-state index in [4.69, 9.17) is 9.47 Å². The molecule has 2 fully saturated rings. The van der Waals surface area contributed by atoms with Gasteiger partial charge in [-0.25, -0.2) is 0 Å². The average molecular weight is 389 g/mol. The Balaban J connectivity index is 1.48. The summed E-state index contributed by atoms with van der Waals surface area (Å²) in [7, 11) is 3.33. The number of carbonyl (C=O) groups excluding carboxylic acids is 1. The van der Waals surface area contributed by atoms with Gasteiger partial charge in [-0.1, -0.05) is 19.3 Å². The molecule has 1 amide bonds. The van der Waals surface area contributed by atoms with Crippen molar-refractivity contribution >= 4 is 5.91 Å². The number of methoxy groups -OCH3 is 2. The van der Waals surface area contributed by atoms with Crippen LogP contribution in [0.15, 0.2) is 18.2 Å². The van der Waals surface area contributed by atoms with Crippen LogP contribution in [0, 0.1) is 5.92 Å². The Kier molecular flexibility index (Phi) is 8.01. The second-order valence-electron chi connectivity index (χ2n) is 8.22. The molecular formula is C23H36N2O3. The van der Waals surface area contributed by atoms with Crippen LogP contribution in [0.5, 0.6) is 11.5 Å². The molecule has 156 valence electrons. The Morgan fingerprint density at radius 2 is 1.82 bits per heavy atom. The van der Waals surface area contributed by atoms with Gasteiger partial charge < -0.3 is 19.3 Å². The largest absolute Gasteiger partial charge is 0.497 e. The van der Waals surface area contributed by atoms with E-state index in [9.17, 15) is 4.79 Å². The molecule has 0 spiro atoms. The SMILES string of the molecule is COc1ccc(OC)c(CCC(=O)N2CCCN(CC3CCCCC3)CC2)c1. The molecule has 1 aliphatic heterocycles. The van der Waals surface area contributed by atoms with Crippen LogP contribution in [0.2, 0.25) is 0 Å². The minimum atomic E-state index is 0.254. The van der Waals surface area contributed by atoms with Crippen molar-refractivity contribution < 1.29 is 14.3 Å². The first-order valence-electron chi connectivity index (χ1n) is 10.9. The molecule has 0 radical (unpaired) electrons. The summed E-state index contributed by atoms with van der Waals surface area (Å²) in [6.07, 6.45) is 9.28. The zero-order chi connectivity index (χ0) is 19.8. The number of benzene rings is 1. The van der Waals surface area contributed by atoms with E-state index in [-0.39, 0.29) is 5.91 Å². The summed E-state index contributed by atoms with van der Waals surface area (Å²) >= 11 is 0. The predicted octanol–water partition coefficient (Wildman–Crippen LogP) is 3.75. The average Bonchev–Trinajstić information content (AvgIpc) is 2.98. The lowest BCUT2D eigenvalue weighted by Crippen LogP contribution is -2.37. The number of ether oxygens (including phenoxy) is 2. The van der Waals surface area contributed by atoms with Gasteiger partial charge >= 0.3 is 0 Å². The third kappa shape index (κ3) is 5.87. The van der Waals surface area contributed by atoms with E-state index < -0.39 is 0 Å². The van der Waals surface area contributed by atoms with Crippen LogP contribution in [0.4, 0.5) is 0 Å². The highest BCUT2D eigenvalue weighted by molar-refractivity contribution is 5.76. The number of aryl methyl sites for hydroxylation is 1. The maximum absolute atomic E-state index is 12.8. The van der Waals surface area contributed by atoms with Gasteiger partial charge in [0.1, 0.15) is 11.5 Å². The smallest absolute Gasteiger partial charge is 0.222 e. The molecule has 28 heavy (non-hydrogen) atoms. The lowest BCUT2D eigenvalue weighted by Gasteiger charge is -2.28. The number of hydrogen-bond acceptors (Lipinski definition) is 4. The van der Waals surface area contributed by atoms with Crippen LogP contribution in [0.25, 0.3) is 0 Å². The Hall–Kier alpha value is -1.75. The van der Waals surface area contributed by atoms with Crippen molar-refractivity contribution in [1.82, 2.24) is 9.80 Å². The molecule has 3 rings (SSSR count). The van der Waals surface area contributed by atoms with Crippen molar-refractivity contribution in [3.8, 4) is 11.5 Å². The van der Waals surface area contributed by atoms with Gasteiger partial charge in [-0.15, -0.1) is 0 Å². The second-order valence-corrected chi connectivity index (χ2v) is 8.22. The van der Waals surface area contributed by atoms with Crippen LogP contribution in [-0.2, 0) is 11.2 Å². The summed E-state index contributed by atoms with van der Waals surface area (Å²) in [4.78, 5) is 17.5. The molecule has 2 aliphatic rings. The lowest BCUT2D eigenvalue weighted by molar-refractivity contribution is -0.131. The van der Waals surface area contributed by atoms with Crippen molar-refractivity contribution in [2.75, 3.05) is 46.9 Å². The number of amides is 1. The first-order chi connectivity index (χ1) is 13.7. The third-order valence-corrected chi connectivity index (χ3v) is 6.28. The number of hydrogen-bond donors (Lipinski definition) is 0. The van der Waals surface area contributed by atoms with Crippen molar-refractivity contribution in [3.05, 3.63) is 23.8 Å². The van der Waals surface area contributed by atoms with Gasteiger partial charge in [-0.3, -0.25) is 4.79 Å². The van der Waals surface area contributed by atoms with Crippen LogP contribution in [0.3, 0.4) is 0 Å². The minimum Gasteiger partial charge on any atom is -0.497 e. The summed E-state index contributed by atoms with van der Waals surface area (Å²) in [6.45, 7) is 5.12. The molecule has 0 unspecified atom stereocenters. The molecule has 5 heteroatoms. The van der Waals surface area contributed by atoms with E-state index >= 15 is 0 Å². The zero-order valence-electron chi connectivity index (χ0n) is 17.6. The van der Waals surface area contributed by atoms with Crippen molar-refractivity contribution in [3.63, 3.8) is 0 Å². The van der Waals surface area contributed by atoms with E-state index in [1.54, 1.807) is 14.2 Å². The van der Waals surface area contributed by atoms with Crippen molar-refractivity contribution in [1.29, 1.82) is 0 Å². The second kappa shape index (κ2) is 10.7. The Morgan fingerprint density at radius 3 is 2.57 bits per heavy atom. The third-order valence-electron chi connectivity index (χ3n) is 6.28. The monoisotopic (exact) mass is 388 g/mol. The van der Waals surface area contributed by atoms with E-state index in [0.717, 1.165) is 55.6 Å². The predicted molar refractivity (Wildman–Crippen MR) is 112 cm³/mol. The normalized spacial score (nSPS) is 19.3. The van der Waals surface area contributed by atoms with E-state index in [1.807, 2.05) is 18.2 Å². The molecule has 0 aromatic heterocycles. The first-order valence-corrected chi connectivity index (χ1v) is 10.9. The summed E-state index contributed by atoms with van der Waals surface area (Å²) < 4.78 is 10.8. The van der Waals surface area contributed by atoms with Crippen LogP contribution in [-0.4, -0.2) is 62.7 Å². The van der Waals surface area contributed by atoms with Gasteiger partial charge in [0.05, 0.1) is 14.2 Å². The summed E-state index contributed by atoms with van der Waals surface area (Å²) in [5.74, 6) is 2.75. The summed E-state index contributed by atoms with van der Waals surface area (Å²) in [6, 6.07) is 5.77. The molecule has 0 N–H and O–H groups in total. The Bertz CT molecular complexity index is 628. The van der Waals surface area contributed by atoms with Gasteiger partial charge in [-0.2, -0.15) is 0 Å². The molecular weight excluding hydrogens is 352 g/mol. The van der Waals surface area contributed by atoms with Gasteiger partial charge in [0.15, 0.2) is 0 Å². The molecule has 1 heterocycles. The van der Waals surface area contributed by atoms with Gasteiger partial charge in [0, 0.05) is 32.6 Å². The number of carbonyl (C=O) groups is 1. The molecule has 1 aliphatic carbocycles. The summed E-state index contributed by atoms with van der Waals surface area (Å²) in [5, 5.41) is 0. The summed E-state index contributed by atoms with van der Waals surface area (Å²) in [5.41, 5.74) is 1.03. The molecule has 1 aromatic rings. The molecule has 1 saturated heterocycles. The molecule has 0 bridgehead atoms. The lowest BCUT2D eigenvalue weighted by atomic mass is 9.89. The molecule has 5 nitrogen and oxygen atoms in total. The zero-order valence-corrected chi connectivity index (χ0v) is 17.6. The quantitative estimate of drug-likeness (QED) is 0.713. The fraction of sp³-hybridized carbons (Fsp3) is 0.696. The van der Waals surface area contributed by atoms with Crippen molar-refractivity contribution in [2.45, 2.75) is 51.4 Å². The van der Waals surface area contributed by atoms with E-state index in [2.05, 4.69) is 9.80 Å². The fourth-order valence-corrected chi connectivity index (χ4v) is 4.61.